The van der Waals surface area contributed by atoms with Crippen molar-refractivity contribution in [3.05, 3.63) is 29.8 Å². The lowest BCUT2D eigenvalue weighted by molar-refractivity contribution is -0.113. The monoisotopic (exact) mass is 311 g/mol. The van der Waals surface area contributed by atoms with Gasteiger partial charge in [-0.1, -0.05) is 32.0 Å². The molecule has 3 rings (SSSR count). The van der Waals surface area contributed by atoms with Crippen molar-refractivity contribution >= 4 is 12.4 Å². The molecular formula is C17H26ClNO2. The van der Waals surface area contributed by atoms with E-state index in [4.69, 9.17) is 4.74 Å². The highest BCUT2D eigenvalue weighted by molar-refractivity contribution is 5.85. The molecule has 1 saturated heterocycles. The van der Waals surface area contributed by atoms with Crippen LogP contribution >= 0.6 is 12.4 Å². The fourth-order valence-corrected chi connectivity index (χ4v) is 3.78. The zero-order valence-electron chi connectivity index (χ0n) is 12.9. The Morgan fingerprint density at radius 1 is 1.19 bits per heavy atom. The number of nitrogens with zero attached hydrogens (tertiary/aromatic N) is 1. The van der Waals surface area contributed by atoms with E-state index in [1.165, 1.54) is 12.8 Å². The summed E-state index contributed by atoms with van der Waals surface area (Å²) in [7, 11) is 0. The standard InChI is InChI=1S/C17H25NO2.ClH/c1-3-17(4-2)16(19)15(18-11-7-8-12-18)13-9-5-6-10-14(13)20-17;/h5-6,9-10,15-16,19H,3-4,7-8,11-12H2,1-2H3;1H/t15-,16+;/m1./s1. The Labute approximate surface area is 133 Å². The lowest BCUT2D eigenvalue weighted by Crippen LogP contribution is -2.56. The van der Waals surface area contributed by atoms with E-state index in [1.807, 2.05) is 18.2 Å². The maximum Gasteiger partial charge on any atom is 0.136 e. The van der Waals surface area contributed by atoms with E-state index >= 15 is 0 Å². The third kappa shape index (κ3) is 2.67. The van der Waals surface area contributed by atoms with Crippen LogP contribution in [0.3, 0.4) is 0 Å². The van der Waals surface area contributed by atoms with Crippen molar-refractivity contribution in [1.29, 1.82) is 0 Å². The van der Waals surface area contributed by atoms with Crippen molar-refractivity contribution in [2.24, 2.45) is 0 Å². The second-order valence-electron chi connectivity index (χ2n) is 6.04. The number of halogens is 1. The molecule has 0 saturated carbocycles. The highest BCUT2D eigenvalue weighted by Gasteiger charge is 2.49. The molecule has 4 heteroatoms. The minimum absolute atomic E-state index is 0. The number of benzene rings is 1. The average Bonchev–Trinajstić information content (AvgIpc) is 3.00. The van der Waals surface area contributed by atoms with Gasteiger partial charge in [-0.2, -0.15) is 0 Å². The van der Waals surface area contributed by atoms with Gasteiger partial charge < -0.3 is 9.84 Å². The lowest BCUT2D eigenvalue weighted by atomic mass is 9.80. The van der Waals surface area contributed by atoms with Gasteiger partial charge in [0.15, 0.2) is 0 Å². The van der Waals surface area contributed by atoms with Crippen LogP contribution in [0.4, 0.5) is 0 Å². The fourth-order valence-electron chi connectivity index (χ4n) is 3.78. The third-order valence-electron chi connectivity index (χ3n) is 5.12. The molecule has 0 aromatic heterocycles. The van der Waals surface area contributed by atoms with E-state index in [1.54, 1.807) is 0 Å². The Balaban J connectivity index is 0.00000161. The first-order valence-electron chi connectivity index (χ1n) is 7.92. The molecule has 1 fully saturated rings. The van der Waals surface area contributed by atoms with Gasteiger partial charge in [0.05, 0.1) is 6.04 Å². The third-order valence-corrected chi connectivity index (χ3v) is 5.12. The molecule has 0 bridgehead atoms. The van der Waals surface area contributed by atoms with Gasteiger partial charge in [0.1, 0.15) is 17.5 Å². The number of aliphatic hydroxyl groups is 1. The number of rotatable bonds is 3. The Morgan fingerprint density at radius 3 is 2.43 bits per heavy atom. The zero-order chi connectivity index (χ0) is 14.2. The summed E-state index contributed by atoms with van der Waals surface area (Å²) < 4.78 is 6.24. The smallest absolute Gasteiger partial charge is 0.136 e. The van der Waals surface area contributed by atoms with Crippen LogP contribution in [0.1, 0.15) is 51.1 Å². The van der Waals surface area contributed by atoms with Crippen LogP contribution in [0.2, 0.25) is 0 Å². The zero-order valence-corrected chi connectivity index (χ0v) is 13.7. The van der Waals surface area contributed by atoms with Crippen LogP contribution in [-0.2, 0) is 0 Å². The first kappa shape index (κ1) is 16.6. The first-order valence-corrected chi connectivity index (χ1v) is 7.92. The van der Waals surface area contributed by atoms with Gasteiger partial charge in [0, 0.05) is 5.56 Å². The Hall–Kier alpha value is -0.770. The van der Waals surface area contributed by atoms with Gasteiger partial charge in [-0.3, -0.25) is 4.90 Å². The fraction of sp³-hybridized carbons (Fsp3) is 0.647. The molecule has 0 spiro atoms. The average molecular weight is 312 g/mol. The number of fused-ring (bicyclic) bond motifs is 1. The predicted molar refractivity (Wildman–Crippen MR) is 87.2 cm³/mol. The van der Waals surface area contributed by atoms with E-state index < -0.39 is 11.7 Å². The van der Waals surface area contributed by atoms with E-state index in [0.717, 1.165) is 37.2 Å². The minimum atomic E-state index is -0.453. The summed E-state index contributed by atoms with van der Waals surface area (Å²) in [5.41, 5.74) is 0.709. The first-order chi connectivity index (χ1) is 9.72. The van der Waals surface area contributed by atoms with Crippen LogP contribution in [0.5, 0.6) is 5.75 Å². The molecule has 0 aliphatic carbocycles. The molecule has 0 amide bonds. The van der Waals surface area contributed by atoms with Crippen molar-refractivity contribution in [2.45, 2.75) is 57.3 Å². The highest BCUT2D eigenvalue weighted by atomic mass is 35.5. The van der Waals surface area contributed by atoms with E-state index in [-0.39, 0.29) is 18.4 Å². The van der Waals surface area contributed by atoms with Gasteiger partial charge in [-0.05, 0) is 44.8 Å². The summed E-state index contributed by atoms with van der Waals surface area (Å²) >= 11 is 0. The van der Waals surface area contributed by atoms with Crippen LogP contribution < -0.4 is 4.74 Å². The van der Waals surface area contributed by atoms with Crippen molar-refractivity contribution in [3.8, 4) is 5.75 Å². The molecule has 2 aliphatic heterocycles. The molecule has 2 heterocycles. The summed E-state index contributed by atoms with van der Waals surface area (Å²) in [6.07, 6.45) is 3.69. The van der Waals surface area contributed by atoms with Crippen molar-refractivity contribution in [3.63, 3.8) is 0 Å². The Morgan fingerprint density at radius 2 is 1.81 bits per heavy atom. The summed E-state index contributed by atoms with van der Waals surface area (Å²) in [6.45, 7) is 6.39. The molecule has 118 valence electrons. The Bertz CT molecular complexity index is 470. The van der Waals surface area contributed by atoms with Crippen LogP contribution in [0, 0.1) is 0 Å². The molecule has 1 N–H and O–H groups in total. The van der Waals surface area contributed by atoms with Crippen LogP contribution in [-0.4, -0.2) is 34.8 Å². The van der Waals surface area contributed by atoms with Gasteiger partial charge in [0.25, 0.3) is 0 Å². The number of hydrogen-bond donors (Lipinski definition) is 1. The number of hydrogen-bond acceptors (Lipinski definition) is 3. The lowest BCUT2D eigenvalue weighted by Gasteiger charge is -2.48. The minimum Gasteiger partial charge on any atom is -0.484 e. The van der Waals surface area contributed by atoms with Gasteiger partial charge in [-0.15, -0.1) is 12.4 Å². The van der Waals surface area contributed by atoms with Crippen molar-refractivity contribution in [1.82, 2.24) is 4.90 Å². The van der Waals surface area contributed by atoms with Crippen LogP contribution in [0.15, 0.2) is 24.3 Å². The quantitative estimate of drug-likeness (QED) is 0.926. The molecular weight excluding hydrogens is 286 g/mol. The molecule has 2 aliphatic rings. The SMILES string of the molecule is CCC1(CC)Oc2ccccc2[C@@H](N2CCCC2)[C@@H]1O.Cl. The molecule has 0 unspecified atom stereocenters. The Kier molecular flexibility index (Phi) is 5.18. The maximum atomic E-state index is 11.0. The van der Waals surface area contributed by atoms with Crippen LogP contribution in [0.25, 0.3) is 0 Å². The second-order valence-corrected chi connectivity index (χ2v) is 6.04. The summed E-state index contributed by atoms with van der Waals surface area (Å²) in [4.78, 5) is 2.44. The second kappa shape index (κ2) is 6.55. The number of likely N-dealkylation sites (tertiary alicyclic amines) is 1. The molecule has 1 aromatic rings. The highest BCUT2D eigenvalue weighted by Crippen LogP contribution is 2.46. The van der Waals surface area contributed by atoms with Gasteiger partial charge >= 0.3 is 0 Å². The molecule has 0 radical (unpaired) electrons. The van der Waals surface area contributed by atoms with E-state index in [0.29, 0.717) is 0 Å². The molecule has 1 aromatic carbocycles. The molecule has 2 atom stereocenters. The van der Waals surface area contributed by atoms with E-state index in [9.17, 15) is 5.11 Å². The number of ether oxygens (including phenoxy) is 1. The topological polar surface area (TPSA) is 32.7 Å². The largest absolute Gasteiger partial charge is 0.484 e. The molecule has 3 nitrogen and oxygen atoms in total. The number of para-hydroxylation sites is 1. The number of aliphatic hydroxyl groups excluding tert-OH is 1. The summed E-state index contributed by atoms with van der Waals surface area (Å²) in [5, 5.41) is 11.0. The van der Waals surface area contributed by atoms with Crippen molar-refractivity contribution < 1.29 is 9.84 Å². The van der Waals surface area contributed by atoms with E-state index in [2.05, 4.69) is 24.8 Å². The van der Waals surface area contributed by atoms with Crippen molar-refractivity contribution in [2.75, 3.05) is 13.1 Å². The maximum absolute atomic E-state index is 11.0. The van der Waals surface area contributed by atoms with Gasteiger partial charge in [-0.25, -0.2) is 0 Å². The predicted octanol–water partition coefficient (Wildman–Crippen LogP) is 3.56. The van der Waals surface area contributed by atoms with Gasteiger partial charge in [0.2, 0.25) is 0 Å². The summed E-state index contributed by atoms with van der Waals surface area (Å²) in [6, 6.07) is 8.31. The molecule has 21 heavy (non-hydrogen) atoms. The normalized spacial score (nSPS) is 27.6. The summed E-state index contributed by atoms with van der Waals surface area (Å²) in [5.74, 6) is 0.957.